The molecule has 2 rings (SSSR count). The molecule has 0 atom stereocenters. The molecule has 2 aliphatic rings. The number of aliphatic imine (C=N–C) groups is 1. The highest BCUT2D eigenvalue weighted by Crippen LogP contribution is 2.35. The van der Waals surface area contributed by atoms with E-state index in [1.54, 1.807) is 0 Å². The fourth-order valence-corrected chi connectivity index (χ4v) is 3.63. The lowest BCUT2D eigenvalue weighted by molar-refractivity contribution is 0.411. The topological polar surface area (TPSA) is 46.5 Å². The van der Waals surface area contributed by atoms with Crippen molar-refractivity contribution < 1.29 is 8.42 Å². The molecule has 1 aliphatic carbocycles. The van der Waals surface area contributed by atoms with Crippen molar-refractivity contribution in [2.45, 2.75) is 32.1 Å². The zero-order valence-electron chi connectivity index (χ0n) is 7.74. The molecule has 0 amide bonds. The predicted molar refractivity (Wildman–Crippen MR) is 56.9 cm³/mol. The Morgan fingerprint density at radius 2 is 1.93 bits per heavy atom. The standard InChI is InChI=1S/C9H12ClNO2S/c10-9-11-6-8(14(9,12)13)7-4-2-1-3-5-7/h6-7H,1-5H2. The number of hydrogen-bond acceptors (Lipinski definition) is 3. The second-order valence-electron chi connectivity index (χ2n) is 3.75. The van der Waals surface area contributed by atoms with Gasteiger partial charge in [0.1, 0.15) is 0 Å². The van der Waals surface area contributed by atoms with Crippen LogP contribution in [0.2, 0.25) is 0 Å². The van der Waals surface area contributed by atoms with Crippen LogP contribution in [0.25, 0.3) is 0 Å². The Balaban J connectivity index is 2.22. The lowest BCUT2D eigenvalue weighted by Crippen LogP contribution is -2.17. The van der Waals surface area contributed by atoms with Crippen LogP contribution in [0.3, 0.4) is 0 Å². The number of allylic oxidation sites excluding steroid dienone is 1. The summed E-state index contributed by atoms with van der Waals surface area (Å²) in [5.74, 6) is 0.147. The van der Waals surface area contributed by atoms with Crippen LogP contribution in [-0.4, -0.2) is 12.9 Å². The van der Waals surface area contributed by atoms with Crippen LogP contribution in [0.15, 0.2) is 16.1 Å². The third-order valence-electron chi connectivity index (χ3n) is 2.83. The first-order valence-electron chi connectivity index (χ1n) is 4.81. The van der Waals surface area contributed by atoms with E-state index in [2.05, 4.69) is 4.99 Å². The van der Waals surface area contributed by atoms with E-state index in [0.717, 1.165) is 25.7 Å². The van der Waals surface area contributed by atoms with E-state index < -0.39 is 9.84 Å². The molecule has 0 unspecified atom stereocenters. The average molecular weight is 234 g/mol. The summed E-state index contributed by atoms with van der Waals surface area (Å²) < 4.78 is 23.1. The minimum absolute atomic E-state index is 0.147. The molecular formula is C9H12ClNO2S. The maximum atomic E-state index is 11.7. The van der Waals surface area contributed by atoms with Gasteiger partial charge < -0.3 is 0 Å². The van der Waals surface area contributed by atoms with Crippen LogP contribution in [-0.2, 0) is 9.84 Å². The van der Waals surface area contributed by atoms with Crippen molar-refractivity contribution in [1.82, 2.24) is 0 Å². The number of sulfone groups is 1. The van der Waals surface area contributed by atoms with Crippen molar-refractivity contribution in [2.24, 2.45) is 10.9 Å². The molecule has 0 aromatic heterocycles. The van der Waals surface area contributed by atoms with E-state index in [9.17, 15) is 8.42 Å². The quantitative estimate of drug-likeness (QED) is 0.698. The van der Waals surface area contributed by atoms with Crippen LogP contribution in [0.4, 0.5) is 0 Å². The first-order valence-corrected chi connectivity index (χ1v) is 6.67. The summed E-state index contributed by atoms with van der Waals surface area (Å²) in [5.41, 5.74) is 0. The Morgan fingerprint density at radius 3 is 2.43 bits per heavy atom. The molecular weight excluding hydrogens is 222 g/mol. The van der Waals surface area contributed by atoms with Gasteiger partial charge in [-0.15, -0.1) is 0 Å². The van der Waals surface area contributed by atoms with Gasteiger partial charge >= 0.3 is 0 Å². The maximum Gasteiger partial charge on any atom is 0.232 e. The van der Waals surface area contributed by atoms with Crippen LogP contribution < -0.4 is 0 Å². The Hall–Kier alpha value is -0.350. The van der Waals surface area contributed by atoms with Crippen molar-refractivity contribution in [3.63, 3.8) is 0 Å². The predicted octanol–water partition coefficient (Wildman–Crippen LogP) is 2.43. The third kappa shape index (κ3) is 1.61. The van der Waals surface area contributed by atoms with E-state index in [0.29, 0.717) is 4.91 Å². The number of rotatable bonds is 1. The van der Waals surface area contributed by atoms with Crippen LogP contribution >= 0.6 is 11.6 Å². The molecule has 0 saturated heterocycles. The fourth-order valence-electron chi connectivity index (χ4n) is 2.06. The van der Waals surface area contributed by atoms with Gasteiger partial charge in [0.05, 0.1) is 4.91 Å². The first kappa shape index (κ1) is 10.2. The molecule has 0 spiro atoms. The van der Waals surface area contributed by atoms with E-state index >= 15 is 0 Å². The Morgan fingerprint density at radius 1 is 1.29 bits per heavy atom. The van der Waals surface area contributed by atoms with Gasteiger partial charge in [-0.3, -0.25) is 0 Å². The van der Waals surface area contributed by atoms with Gasteiger partial charge in [0.15, 0.2) is 0 Å². The van der Waals surface area contributed by atoms with Gasteiger partial charge in [0.2, 0.25) is 14.3 Å². The van der Waals surface area contributed by atoms with E-state index in [1.807, 2.05) is 0 Å². The molecule has 0 radical (unpaired) electrons. The highest BCUT2D eigenvalue weighted by molar-refractivity contribution is 8.12. The largest absolute Gasteiger partial charge is 0.232 e. The molecule has 5 heteroatoms. The number of nitrogens with zero attached hydrogens (tertiary/aromatic N) is 1. The molecule has 1 heterocycles. The van der Waals surface area contributed by atoms with Crippen molar-refractivity contribution >= 4 is 25.9 Å². The van der Waals surface area contributed by atoms with Crippen molar-refractivity contribution in [2.75, 3.05) is 0 Å². The minimum atomic E-state index is -3.39. The lowest BCUT2D eigenvalue weighted by atomic mass is 9.89. The normalized spacial score (nSPS) is 27.2. The summed E-state index contributed by atoms with van der Waals surface area (Å²) in [7, 11) is -3.39. The summed E-state index contributed by atoms with van der Waals surface area (Å²) in [5, 5.41) is 0. The molecule has 0 aromatic carbocycles. The summed E-state index contributed by atoms with van der Waals surface area (Å²) in [6, 6.07) is 0. The van der Waals surface area contributed by atoms with Gasteiger partial charge in [-0.2, -0.15) is 0 Å². The van der Waals surface area contributed by atoms with Crippen molar-refractivity contribution in [3.8, 4) is 0 Å². The third-order valence-corrected chi connectivity index (χ3v) is 5.15. The van der Waals surface area contributed by atoms with Gasteiger partial charge in [-0.05, 0) is 30.4 Å². The molecule has 14 heavy (non-hydrogen) atoms. The number of hydrogen-bond donors (Lipinski definition) is 0. The van der Waals surface area contributed by atoms with Crippen molar-refractivity contribution in [3.05, 3.63) is 11.1 Å². The Bertz CT molecular complexity index is 391. The van der Waals surface area contributed by atoms with Gasteiger partial charge in [0.25, 0.3) is 0 Å². The fraction of sp³-hybridized carbons (Fsp3) is 0.667. The maximum absolute atomic E-state index is 11.7. The van der Waals surface area contributed by atoms with Gasteiger partial charge in [-0.1, -0.05) is 19.3 Å². The highest BCUT2D eigenvalue weighted by atomic mass is 35.5. The van der Waals surface area contributed by atoms with E-state index in [-0.39, 0.29) is 10.4 Å². The SMILES string of the molecule is O=S1(=O)C(C2CCCCC2)=CN=C1Cl. The molecule has 0 bridgehead atoms. The molecule has 1 saturated carbocycles. The summed E-state index contributed by atoms with van der Waals surface area (Å²) >= 11 is 5.53. The van der Waals surface area contributed by atoms with Gasteiger partial charge in [-0.25, -0.2) is 13.4 Å². The van der Waals surface area contributed by atoms with Crippen molar-refractivity contribution in [1.29, 1.82) is 0 Å². The van der Waals surface area contributed by atoms with Crippen LogP contribution in [0, 0.1) is 5.92 Å². The number of halogens is 1. The smallest absolute Gasteiger partial charge is 0.232 e. The molecule has 3 nitrogen and oxygen atoms in total. The Labute approximate surface area is 88.8 Å². The van der Waals surface area contributed by atoms with E-state index in [4.69, 9.17) is 11.6 Å². The zero-order valence-corrected chi connectivity index (χ0v) is 9.31. The minimum Gasteiger partial charge on any atom is -0.232 e. The zero-order chi connectivity index (χ0) is 10.2. The average Bonchev–Trinajstić information content (AvgIpc) is 2.44. The molecule has 0 aromatic rings. The van der Waals surface area contributed by atoms with Gasteiger partial charge in [0, 0.05) is 6.20 Å². The van der Waals surface area contributed by atoms with Crippen LogP contribution in [0.1, 0.15) is 32.1 Å². The van der Waals surface area contributed by atoms with E-state index in [1.165, 1.54) is 12.6 Å². The molecule has 78 valence electrons. The highest BCUT2D eigenvalue weighted by Gasteiger charge is 2.34. The second-order valence-corrected chi connectivity index (χ2v) is 6.20. The molecule has 1 fully saturated rings. The lowest BCUT2D eigenvalue weighted by Gasteiger charge is -2.21. The molecule has 1 aliphatic heterocycles. The second kappa shape index (κ2) is 3.66. The summed E-state index contributed by atoms with van der Waals surface area (Å²) in [6.07, 6.45) is 6.74. The monoisotopic (exact) mass is 233 g/mol. The Kier molecular flexibility index (Phi) is 2.66. The van der Waals surface area contributed by atoms with Crippen LogP contribution in [0.5, 0.6) is 0 Å². The summed E-state index contributed by atoms with van der Waals surface area (Å²) in [6.45, 7) is 0. The first-order chi connectivity index (χ1) is 6.62. The summed E-state index contributed by atoms with van der Waals surface area (Å²) in [4.78, 5) is 4.11. The molecule has 0 N–H and O–H groups in total.